The van der Waals surface area contributed by atoms with Crippen molar-refractivity contribution in [3.63, 3.8) is 0 Å². The molecular weight excluding hydrogens is 188 g/mol. The van der Waals surface area contributed by atoms with E-state index in [1.165, 1.54) is 5.56 Å². The summed E-state index contributed by atoms with van der Waals surface area (Å²) in [5.74, 6) is 1.35. The molecule has 1 N–H and O–H groups in total. The highest BCUT2D eigenvalue weighted by atomic mass is 16.3. The van der Waals surface area contributed by atoms with Crippen LogP contribution in [0.1, 0.15) is 11.4 Å². The van der Waals surface area contributed by atoms with Crippen LogP contribution in [-0.2, 0) is 13.0 Å². The van der Waals surface area contributed by atoms with Crippen molar-refractivity contribution in [2.45, 2.75) is 19.9 Å². The predicted octanol–water partition coefficient (Wildman–Crippen LogP) is 2.14. The number of phenols is 1. The molecule has 0 saturated carbocycles. The first-order chi connectivity index (χ1) is 7.25. The van der Waals surface area contributed by atoms with E-state index >= 15 is 0 Å². The van der Waals surface area contributed by atoms with Crippen LogP contribution in [0.25, 0.3) is 0 Å². The van der Waals surface area contributed by atoms with Crippen LogP contribution in [-0.4, -0.2) is 14.7 Å². The Morgan fingerprint density at radius 2 is 2.00 bits per heavy atom. The zero-order valence-corrected chi connectivity index (χ0v) is 8.72. The van der Waals surface area contributed by atoms with Crippen molar-refractivity contribution in [2.75, 3.05) is 0 Å². The van der Waals surface area contributed by atoms with Crippen molar-refractivity contribution in [2.24, 2.45) is 0 Å². The van der Waals surface area contributed by atoms with Crippen molar-refractivity contribution >= 4 is 0 Å². The molecule has 2 rings (SSSR count). The van der Waals surface area contributed by atoms with Crippen LogP contribution in [0.5, 0.6) is 5.75 Å². The number of hydrogen-bond acceptors (Lipinski definition) is 2. The Labute approximate surface area is 89.0 Å². The number of imidazole rings is 1. The summed E-state index contributed by atoms with van der Waals surface area (Å²) in [5.41, 5.74) is 1.22. The fraction of sp³-hybridized carbons (Fsp3) is 0.250. The first-order valence-electron chi connectivity index (χ1n) is 5.01. The lowest BCUT2D eigenvalue weighted by molar-refractivity contribution is 0.475. The number of hydrogen-bond donors (Lipinski definition) is 1. The number of aromatic nitrogens is 2. The Morgan fingerprint density at radius 1 is 1.27 bits per heavy atom. The SMILES string of the molecule is Cc1nccn1CCc1ccc(O)cc1. The zero-order chi connectivity index (χ0) is 10.7. The van der Waals surface area contributed by atoms with Crippen LogP contribution < -0.4 is 0 Å². The van der Waals surface area contributed by atoms with Gasteiger partial charge in [0.15, 0.2) is 0 Å². The second kappa shape index (κ2) is 4.17. The molecule has 0 fully saturated rings. The molecule has 0 spiro atoms. The van der Waals surface area contributed by atoms with Gasteiger partial charge >= 0.3 is 0 Å². The lowest BCUT2D eigenvalue weighted by Crippen LogP contribution is -2.01. The van der Waals surface area contributed by atoms with Crippen molar-refractivity contribution in [3.05, 3.63) is 48.0 Å². The molecular formula is C12H14N2O. The van der Waals surface area contributed by atoms with E-state index in [4.69, 9.17) is 5.11 Å². The Kier molecular flexibility index (Phi) is 2.72. The van der Waals surface area contributed by atoms with E-state index in [1.54, 1.807) is 12.1 Å². The summed E-state index contributed by atoms with van der Waals surface area (Å²) in [6, 6.07) is 7.33. The molecule has 0 aliphatic carbocycles. The van der Waals surface area contributed by atoms with Gasteiger partial charge in [0.25, 0.3) is 0 Å². The van der Waals surface area contributed by atoms with Gasteiger partial charge in [0.1, 0.15) is 11.6 Å². The molecule has 0 radical (unpaired) electrons. The molecule has 1 heterocycles. The van der Waals surface area contributed by atoms with Crippen molar-refractivity contribution in [1.29, 1.82) is 0 Å². The predicted molar refractivity (Wildman–Crippen MR) is 58.8 cm³/mol. The van der Waals surface area contributed by atoms with E-state index in [-0.39, 0.29) is 0 Å². The number of phenolic OH excluding ortho intramolecular Hbond substituents is 1. The highest BCUT2D eigenvalue weighted by molar-refractivity contribution is 5.25. The van der Waals surface area contributed by atoms with Gasteiger partial charge in [0.05, 0.1) is 0 Å². The second-order valence-corrected chi connectivity index (χ2v) is 3.58. The first-order valence-corrected chi connectivity index (χ1v) is 5.01. The zero-order valence-electron chi connectivity index (χ0n) is 8.72. The highest BCUT2D eigenvalue weighted by Crippen LogP contribution is 2.10. The molecule has 78 valence electrons. The van der Waals surface area contributed by atoms with Gasteiger partial charge in [-0.3, -0.25) is 0 Å². The highest BCUT2D eigenvalue weighted by Gasteiger charge is 1.97. The number of aryl methyl sites for hydroxylation is 3. The number of nitrogens with zero attached hydrogens (tertiary/aromatic N) is 2. The average Bonchev–Trinajstić information content (AvgIpc) is 2.63. The largest absolute Gasteiger partial charge is 0.508 e. The van der Waals surface area contributed by atoms with E-state index in [0.29, 0.717) is 5.75 Å². The van der Waals surface area contributed by atoms with Gasteiger partial charge in [0.2, 0.25) is 0 Å². The van der Waals surface area contributed by atoms with Gasteiger partial charge in [-0.1, -0.05) is 12.1 Å². The number of benzene rings is 1. The molecule has 0 atom stereocenters. The summed E-state index contributed by atoms with van der Waals surface area (Å²) in [6.07, 6.45) is 4.75. The van der Waals surface area contributed by atoms with Gasteiger partial charge in [-0.2, -0.15) is 0 Å². The smallest absolute Gasteiger partial charge is 0.115 e. The maximum Gasteiger partial charge on any atom is 0.115 e. The summed E-state index contributed by atoms with van der Waals surface area (Å²) < 4.78 is 2.12. The summed E-state index contributed by atoms with van der Waals surface area (Å²) in [7, 11) is 0. The molecule has 3 nitrogen and oxygen atoms in total. The van der Waals surface area contributed by atoms with E-state index in [1.807, 2.05) is 31.5 Å². The molecule has 15 heavy (non-hydrogen) atoms. The second-order valence-electron chi connectivity index (χ2n) is 3.58. The van der Waals surface area contributed by atoms with Crippen molar-refractivity contribution in [1.82, 2.24) is 9.55 Å². The van der Waals surface area contributed by atoms with E-state index in [9.17, 15) is 0 Å². The Bertz CT molecular complexity index is 431. The molecule has 1 aromatic carbocycles. The molecule has 0 amide bonds. The third kappa shape index (κ3) is 2.37. The van der Waals surface area contributed by atoms with Crippen LogP contribution in [0, 0.1) is 6.92 Å². The van der Waals surface area contributed by atoms with E-state index < -0.39 is 0 Å². The Morgan fingerprint density at radius 3 is 2.60 bits per heavy atom. The Balaban J connectivity index is 1.99. The molecule has 0 aliphatic heterocycles. The maximum absolute atomic E-state index is 9.14. The summed E-state index contributed by atoms with van der Waals surface area (Å²) in [4.78, 5) is 4.17. The molecule has 2 aromatic rings. The van der Waals surface area contributed by atoms with Crippen molar-refractivity contribution < 1.29 is 5.11 Å². The number of aromatic hydroxyl groups is 1. The van der Waals surface area contributed by atoms with Crippen LogP contribution in [0.3, 0.4) is 0 Å². The molecule has 0 aliphatic rings. The van der Waals surface area contributed by atoms with Crippen LogP contribution in [0.4, 0.5) is 0 Å². The van der Waals surface area contributed by atoms with Gasteiger partial charge in [0, 0.05) is 18.9 Å². The molecule has 1 aromatic heterocycles. The number of rotatable bonds is 3. The maximum atomic E-state index is 9.14. The standard InChI is InChI=1S/C12H14N2O/c1-10-13-7-9-14(10)8-6-11-2-4-12(15)5-3-11/h2-5,7,9,15H,6,8H2,1H3. The topological polar surface area (TPSA) is 38.0 Å². The van der Waals surface area contributed by atoms with Crippen LogP contribution in [0.2, 0.25) is 0 Å². The summed E-state index contributed by atoms with van der Waals surface area (Å²) in [6.45, 7) is 2.92. The molecule has 0 bridgehead atoms. The minimum absolute atomic E-state index is 0.317. The first kappa shape index (κ1) is 9.77. The third-order valence-corrected chi connectivity index (χ3v) is 2.50. The van der Waals surface area contributed by atoms with Crippen LogP contribution >= 0.6 is 0 Å². The third-order valence-electron chi connectivity index (χ3n) is 2.50. The minimum Gasteiger partial charge on any atom is -0.508 e. The van der Waals surface area contributed by atoms with E-state index in [0.717, 1.165) is 18.8 Å². The van der Waals surface area contributed by atoms with E-state index in [2.05, 4.69) is 9.55 Å². The monoisotopic (exact) mass is 202 g/mol. The average molecular weight is 202 g/mol. The van der Waals surface area contributed by atoms with Gasteiger partial charge in [-0.05, 0) is 31.0 Å². The van der Waals surface area contributed by atoms with Gasteiger partial charge < -0.3 is 9.67 Å². The lowest BCUT2D eigenvalue weighted by atomic mass is 10.1. The fourth-order valence-corrected chi connectivity index (χ4v) is 1.55. The molecule has 0 unspecified atom stereocenters. The summed E-state index contributed by atoms with van der Waals surface area (Å²) >= 11 is 0. The summed E-state index contributed by atoms with van der Waals surface area (Å²) in [5, 5.41) is 9.14. The molecule has 0 saturated heterocycles. The van der Waals surface area contributed by atoms with Gasteiger partial charge in [-0.25, -0.2) is 4.98 Å². The molecule has 3 heteroatoms. The fourth-order valence-electron chi connectivity index (χ4n) is 1.55. The quantitative estimate of drug-likeness (QED) is 0.828. The normalized spacial score (nSPS) is 10.5. The minimum atomic E-state index is 0.317. The lowest BCUT2D eigenvalue weighted by Gasteiger charge is -2.04. The Hall–Kier alpha value is -1.77. The van der Waals surface area contributed by atoms with Crippen molar-refractivity contribution in [3.8, 4) is 5.75 Å². The van der Waals surface area contributed by atoms with Crippen LogP contribution in [0.15, 0.2) is 36.7 Å². The van der Waals surface area contributed by atoms with Gasteiger partial charge in [-0.15, -0.1) is 0 Å².